The van der Waals surface area contributed by atoms with E-state index in [9.17, 15) is 4.79 Å². The Morgan fingerprint density at radius 1 is 1.79 bits per heavy atom. The summed E-state index contributed by atoms with van der Waals surface area (Å²) in [6.45, 7) is 4.15. The maximum Gasteiger partial charge on any atom is 0.275 e. The van der Waals surface area contributed by atoms with Crippen molar-refractivity contribution in [3.8, 4) is 0 Å². The van der Waals surface area contributed by atoms with Gasteiger partial charge in [0.15, 0.2) is 5.69 Å². The lowest BCUT2D eigenvalue weighted by atomic mass is 10.3. The summed E-state index contributed by atoms with van der Waals surface area (Å²) in [6, 6.07) is 0. The van der Waals surface area contributed by atoms with Gasteiger partial charge in [0.1, 0.15) is 0 Å². The van der Waals surface area contributed by atoms with Crippen LogP contribution in [0, 0.1) is 0 Å². The zero-order chi connectivity index (χ0) is 10.4. The Labute approximate surface area is 85.8 Å². The number of hydrogen-bond donors (Lipinski definition) is 1. The number of rotatable bonds is 5. The third-order valence-electron chi connectivity index (χ3n) is 1.59. The Kier molecular flexibility index (Phi) is 4.21. The number of hydrogen-bond acceptors (Lipinski definition) is 5. The fourth-order valence-electron chi connectivity index (χ4n) is 0.972. The van der Waals surface area contributed by atoms with Crippen LogP contribution in [-0.2, 0) is 0 Å². The monoisotopic (exact) mass is 213 g/mol. The molecule has 1 N–H and O–H groups in total. The molecule has 0 atom stereocenters. The number of carbonyl (C=O) groups excluding carboxylic acids is 1. The molecular formula is C8H11N3O2S. The summed E-state index contributed by atoms with van der Waals surface area (Å²) >= 11 is 1.12. The molecule has 0 aliphatic carbocycles. The maximum absolute atomic E-state index is 11.7. The van der Waals surface area contributed by atoms with Crippen LogP contribution in [0.4, 0.5) is 0 Å². The van der Waals surface area contributed by atoms with Crippen molar-refractivity contribution in [3.63, 3.8) is 0 Å². The van der Waals surface area contributed by atoms with E-state index < -0.39 is 0 Å². The van der Waals surface area contributed by atoms with Crippen molar-refractivity contribution >= 4 is 17.4 Å². The standard InChI is InChI=1S/C8H11N3O2S/c1-2-3-11(4-5-12)8(13)7-6-14-10-9-7/h2,6,12H,1,3-5H2. The van der Waals surface area contributed by atoms with Crippen LogP contribution in [0.1, 0.15) is 10.5 Å². The molecule has 76 valence electrons. The first-order chi connectivity index (χ1) is 6.79. The van der Waals surface area contributed by atoms with Crippen LogP contribution in [0.15, 0.2) is 18.0 Å². The summed E-state index contributed by atoms with van der Waals surface area (Å²) in [5.74, 6) is -0.229. The van der Waals surface area contributed by atoms with Crippen molar-refractivity contribution in [1.82, 2.24) is 14.5 Å². The Hall–Kier alpha value is -1.27. The highest BCUT2D eigenvalue weighted by molar-refractivity contribution is 7.03. The summed E-state index contributed by atoms with van der Waals surface area (Å²) in [4.78, 5) is 13.1. The van der Waals surface area contributed by atoms with Crippen molar-refractivity contribution < 1.29 is 9.90 Å². The minimum atomic E-state index is -0.229. The zero-order valence-electron chi connectivity index (χ0n) is 7.59. The SMILES string of the molecule is C=CCN(CCO)C(=O)c1csnn1. The molecule has 0 aliphatic heterocycles. The number of amides is 1. The van der Waals surface area contributed by atoms with E-state index in [0.29, 0.717) is 12.2 Å². The van der Waals surface area contributed by atoms with E-state index in [2.05, 4.69) is 16.2 Å². The predicted molar refractivity (Wildman–Crippen MR) is 53.1 cm³/mol. The van der Waals surface area contributed by atoms with Gasteiger partial charge in [-0.3, -0.25) is 4.79 Å². The van der Waals surface area contributed by atoms with Gasteiger partial charge in [0, 0.05) is 18.5 Å². The number of aliphatic hydroxyl groups is 1. The van der Waals surface area contributed by atoms with E-state index in [1.165, 1.54) is 4.90 Å². The van der Waals surface area contributed by atoms with Gasteiger partial charge in [-0.1, -0.05) is 10.6 Å². The van der Waals surface area contributed by atoms with Crippen LogP contribution in [-0.4, -0.2) is 45.2 Å². The maximum atomic E-state index is 11.7. The molecule has 1 aromatic heterocycles. The van der Waals surface area contributed by atoms with Gasteiger partial charge in [-0.05, 0) is 11.5 Å². The van der Waals surface area contributed by atoms with Crippen molar-refractivity contribution in [3.05, 3.63) is 23.7 Å². The lowest BCUT2D eigenvalue weighted by Gasteiger charge is -2.18. The van der Waals surface area contributed by atoms with Gasteiger partial charge < -0.3 is 10.0 Å². The first kappa shape index (κ1) is 10.8. The van der Waals surface area contributed by atoms with Gasteiger partial charge in [0.25, 0.3) is 5.91 Å². The molecule has 5 nitrogen and oxygen atoms in total. The van der Waals surface area contributed by atoms with Crippen LogP contribution in [0.5, 0.6) is 0 Å². The number of aliphatic hydroxyl groups excluding tert-OH is 1. The molecule has 1 amide bonds. The second kappa shape index (κ2) is 5.46. The number of aromatic nitrogens is 2. The molecule has 6 heteroatoms. The molecule has 0 fully saturated rings. The van der Waals surface area contributed by atoms with Crippen molar-refractivity contribution in [2.45, 2.75) is 0 Å². The summed E-state index contributed by atoms with van der Waals surface area (Å²) in [5, 5.41) is 14.0. The fraction of sp³-hybridized carbons (Fsp3) is 0.375. The van der Waals surface area contributed by atoms with Crippen LogP contribution >= 0.6 is 11.5 Å². The van der Waals surface area contributed by atoms with E-state index in [1.54, 1.807) is 11.5 Å². The second-order valence-corrected chi connectivity index (χ2v) is 3.16. The van der Waals surface area contributed by atoms with Gasteiger partial charge in [-0.15, -0.1) is 11.7 Å². The summed E-state index contributed by atoms with van der Waals surface area (Å²) in [6.07, 6.45) is 1.60. The van der Waals surface area contributed by atoms with Crippen molar-refractivity contribution in [2.75, 3.05) is 19.7 Å². The lowest BCUT2D eigenvalue weighted by molar-refractivity contribution is 0.0737. The normalized spacial score (nSPS) is 9.79. The first-order valence-electron chi connectivity index (χ1n) is 4.07. The summed E-state index contributed by atoms with van der Waals surface area (Å²) in [5.41, 5.74) is 0.310. The highest BCUT2D eigenvalue weighted by Crippen LogP contribution is 2.03. The third kappa shape index (κ3) is 2.61. The molecular weight excluding hydrogens is 202 g/mol. The fourth-order valence-corrected chi connectivity index (χ4v) is 1.40. The molecule has 0 bridgehead atoms. The third-order valence-corrected chi connectivity index (χ3v) is 2.09. The highest BCUT2D eigenvalue weighted by Gasteiger charge is 2.16. The smallest absolute Gasteiger partial charge is 0.275 e. The molecule has 0 unspecified atom stereocenters. The Bertz CT molecular complexity index is 300. The molecule has 0 saturated heterocycles. The largest absolute Gasteiger partial charge is 0.395 e. The summed E-state index contributed by atoms with van der Waals surface area (Å²) in [7, 11) is 0. The van der Waals surface area contributed by atoms with E-state index in [4.69, 9.17) is 5.11 Å². The minimum absolute atomic E-state index is 0.0723. The lowest BCUT2D eigenvalue weighted by Crippen LogP contribution is -2.33. The highest BCUT2D eigenvalue weighted by atomic mass is 32.1. The van der Waals surface area contributed by atoms with Gasteiger partial charge in [0.2, 0.25) is 0 Å². The molecule has 0 aromatic carbocycles. The molecule has 0 radical (unpaired) electrons. The minimum Gasteiger partial charge on any atom is -0.395 e. The Balaban J connectivity index is 2.68. The van der Waals surface area contributed by atoms with Gasteiger partial charge in [-0.25, -0.2) is 0 Å². The van der Waals surface area contributed by atoms with Gasteiger partial charge >= 0.3 is 0 Å². The quantitative estimate of drug-likeness (QED) is 0.707. The molecule has 1 rings (SSSR count). The molecule has 0 spiro atoms. The van der Waals surface area contributed by atoms with E-state index in [1.807, 2.05) is 0 Å². The van der Waals surface area contributed by atoms with Crippen molar-refractivity contribution in [1.29, 1.82) is 0 Å². The first-order valence-corrected chi connectivity index (χ1v) is 4.91. The molecule has 1 heterocycles. The molecule has 0 aliphatic rings. The topological polar surface area (TPSA) is 66.3 Å². The average Bonchev–Trinajstić information content (AvgIpc) is 2.69. The molecule has 14 heavy (non-hydrogen) atoms. The predicted octanol–water partition coefficient (Wildman–Crippen LogP) is 0.159. The number of carbonyl (C=O) groups is 1. The van der Waals surface area contributed by atoms with Crippen molar-refractivity contribution in [2.24, 2.45) is 0 Å². The Morgan fingerprint density at radius 2 is 2.57 bits per heavy atom. The number of nitrogens with zero attached hydrogens (tertiary/aromatic N) is 3. The van der Waals surface area contributed by atoms with Gasteiger partial charge in [0.05, 0.1) is 6.61 Å². The van der Waals surface area contributed by atoms with Gasteiger partial charge in [-0.2, -0.15) is 0 Å². The van der Waals surface area contributed by atoms with Crippen LogP contribution in [0.3, 0.4) is 0 Å². The second-order valence-electron chi connectivity index (χ2n) is 2.55. The van der Waals surface area contributed by atoms with E-state index in [0.717, 1.165) is 11.5 Å². The molecule has 0 saturated carbocycles. The molecule has 1 aromatic rings. The summed E-state index contributed by atoms with van der Waals surface area (Å²) < 4.78 is 3.60. The average molecular weight is 213 g/mol. The van der Waals surface area contributed by atoms with Crippen LogP contribution < -0.4 is 0 Å². The van der Waals surface area contributed by atoms with E-state index >= 15 is 0 Å². The van der Waals surface area contributed by atoms with Crippen LogP contribution in [0.2, 0.25) is 0 Å². The Morgan fingerprint density at radius 3 is 3.07 bits per heavy atom. The van der Waals surface area contributed by atoms with Crippen LogP contribution in [0.25, 0.3) is 0 Å². The van der Waals surface area contributed by atoms with E-state index in [-0.39, 0.29) is 19.1 Å². The zero-order valence-corrected chi connectivity index (χ0v) is 8.40.